The second kappa shape index (κ2) is 6.42. The van der Waals surface area contributed by atoms with E-state index in [9.17, 15) is 0 Å². The summed E-state index contributed by atoms with van der Waals surface area (Å²) in [4.78, 5) is 0. The first-order valence-electron chi connectivity index (χ1n) is 7.83. The first-order valence-corrected chi connectivity index (χ1v) is 8.88. The summed E-state index contributed by atoms with van der Waals surface area (Å²) < 4.78 is 2.05. The molecule has 0 amide bonds. The molecular formula is C17H24N4S. The number of para-hydroxylation sites is 1. The molecule has 118 valence electrons. The third kappa shape index (κ3) is 3.52. The molecule has 0 radical (unpaired) electrons. The van der Waals surface area contributed by atoms with Gasteiger partial charge in [-0.3, -0.25) is 4.57 Å². The Bertz CT molecular complexity index is 603. The van der Waals surface area contributed by atoms with Crippen molar-refractivity contribution in [3.63, 3.8) is 0 Å². The molecule has 1 saturated heterocycles. The molecule has 2 unspecified atom stereocenters. The number of nitrogens with zero attached hydrogens (tertiary/aromatic N) is 3. The Balaban J connectivity index is 1.61. The smallest absolute Gasteiger partial charge is 0.151 e. The lowest BCUT2D eigenvalue weighted by Crippen LogP contribution is -2.31. The summed E-state index contributed by atoms with van der Waals surface area (Å²) in [5, 5.41) is 12.7. The van der Waals surface area contributed by atoms with Crippen LogP contribution < -0.4 is 5.32 Å². The lowest BCUT2D eigenvalue weighted by molar-refractivity contribution is 0.364. The summed E-state index contributed by atoms with van der Waals surface area (Å²) in [7, 11) is 0. The fourth-order valence-electron chi connectivity index (χ4n) is 2.79. The Hall–Kier alpha value is -1.33. The maximum Gasteiger partial charge on any atom is 0.151 e. The first kappa shape index (κ1) is 15.6. The largest absolute Gasteiger partial charge is 0.306 e. The number of nitrogens with one attached hydrogen (secondary N) is 1. The van der Waals surface area contributed by atoms with Crippen LogP contribution in [0.15, 0.2) is 36.7 Å². The van der Waals surface area contributed by atoms with Gasteiger partial charge in [0.05, 0.1) is 6.54 Å². The van der Waals surface area contributed by atoms with Gasteiger partial charge in [-0.1, -0.05) is 39.0 Å². The molecule has 2 aromatic rings. The van der Waals surface area contributed by atoms with Crippen LogP contribution in [0.25, 0.3) is 5.69 Å². The monoisotopic (exact) mass is 316 g/mol. The van der Waals surface area contributed by atoms with Gasteiger partial charge in [0.25, 0.3) is 0 Å². The number of hydrogen-bond donors (Lipinski definition) is 1. The van der Waals surface area contributed by atoms with Crippen molar-refractivity contribution in [2.24, 2.45) is 5.41 Å². The van der Waals surface area contributed by atoms with E-state index >= 15 is 0 Å². The maximum atomic E-state index is 4.26. The molecule has 0 saturated carbocycles. The summed E-state index contributed by atoms with van der Waals surface area (Å²) in [5.74, 6) is 2.15. The van der Waals surface area contributed by atoms with E-state index < -0.39 is 0 Å². The van der Waals surface area contributed by atoms with Crippen molar-refractivity contribution in [3.8, 4) is 5.69 Å². The van der Waals surface area contributed by atoms with Gasteiger partial charge in [-0.05, 0) is 24.0 Å². The average molecular weight is 316 g/mol. The van der Waals surface area contributed by atoms with E-state index in [4.69, 9.17) is 0 Å². The van der Waals surface area contributed by atoms with Crippen LogP contribution in [0.5, 0.6) is 0 Å². The Morgan fingerprint density at radius 2 is 2.05 bits per heavy atom. The molecule has 1 aliphatic rings. The van der Waals surface area contributed by atoms with Gasteiger partial charge in [0.2, 0.25) is 0 Å². The molecular weight excluding hydrogens is 292 g/mol. The van der Waals surface area contributed by atoms with Crippen LogP contribution in [0, 0.1) is 5.41 Å². The number of aromatic nitrogens is 3. The van der Waals surface area contributed by atoms with E-state index in [2.05, 4.69) is 64.7 Å². The van der Waals surface area contributed by atoms with Crippen molar-refractivity contribution >= 4 is 11.8 Å². The van der Waals surface area contributed by atoms with Gasteiger partial charge < -0.3 is 5.32 Å². The van der Waals surface area contributed by atoms with Gasteiger partial charge in [-0.15, -0.1) is 10.2 Å². The predicted molar refractivity (Wildman–Crippen MR) is 92.3 cm³/mol. The topological polar surface area (TPSA) is 42.7 Å². The lowest BCUT2D eigenvalue weighted by Gasteiger charge is -2.26. The average Bonchev–Trinajstić information content (AvgIpc) is 3.14. The van der Waals surface area contributed by atoms with E-state index in [0.717, 1.165) is 23.3 Å². The Kier molecular flexibility index (Phi) is 4.54. The molecule has 2 heterocycles. The second-order valence-corrected chi connectivity index (χ2v) is 8.19. The van der Waals surface area contributed by atoms with E-state index in [-0.39, 0.29) is 0 Å². The highest BCUT2D eigenvalue weighted by Gasteiger charge is 2.33. The number of thioether (sulfide) groups is 1. The normalized spacial score (nSPS) is 22.1. The highest BCUT2D eigenvalue weighted by atomic mass is 32.2. The van der Waals surface area contributed by atoms with E-state index in [0.29, 0.717) is 11.5 Å². The van der Waals surface area contributed by atoms with Gasteiger partial charge in [-0.2, -0.15) is 11.8 Å². The maximum absolute atomic E-state index is 4.26. The Morgan fingerprint density at radius 3 is 2.73 bits per heavy atom. The third-order valence-corrected chi connectivity index (χ3v) is 6.06. The van der Waals surface area contributed by atoms with E-state index in [1.54, 1.807) is 6.33 Å². The molecule has 3 rings (SSSR count). The third-order valence-electron chi connectivity index (χ3n) is 4.16. The Morgan fingerprint density at radius 1 is 1.27 bits per heavy atom. The Labute approximate surface area is 136 Å². The fraction of sp³-hybridized carbons (Fsp3) is 0.529. The zero-order valence-corrected chi connectivity index (χ0v) is 14.3. The second-order valence-electron chi connectivity index (χ2n) is 6.95. The van der Waals surface area contributed by atoms with Gasteiger partial charge in [-0.25, -0.2) is 0 Å². The molecule has 1 N–H and O–H groups in total. The minimum Gasteiger partial charge on any atom is -0.306 e. The molecule has 0 aliphatic carbocycles. The van der Waals surface area contributed by atoms with Crippen LogP contribution >= 0.6 is 11.8 Å². The number of hydrogen-bond acceptors (Lipinski definition) is 4. The number of benzene rings is 1. The standard InChI is InChI=1S/C17H24N4S/c1-17(2,3)15-9-13(11-22-15)18-10-16-20-19-12-21(16)14-7-5-4-6-8-14/h4-8,12-13,15,18H,9-11H2,1-3H3. The van der Waals surface area contributed by atoms with E-state index in [1.807, 2.05) is 18.2 Å². The molecule has 4 nitrogen and oxygen atoms in total. The van der Waals surface area contributed by atoms with Crippen molar-refractivity contribution in [2.75, 3.05) is 5.75 Å². The van der Waals surface area contributed by atoms with Crippen LogP contribution in [0.4, 0.5) is 0 Å². The summed E-state index contributed by atoms with van der Waals surface area (Å²) in [6, 6.07) is 10.8. The molecule has 1 aliphatic heterocycles. The molecule has 22 heavy (non-hydrogen) atoms. The van der Waals surface area contributed by atoms with Crippen LogP contribution in [-0.4, -0.2) is 31.8 Å². The molecule has 1 aromatic carbocycles. The summed E-state index contributed by atoms with van der Waals surface area (Å²) in [6.45, 7) is 7.76. The minimum atomic E-state index is 0.380. The summed E-state index contributed by atoms with van der Waals surface area (Å²) in [5.41, 5.74) is 1.49. The quantitative estimate of drug-likeness (QED) is 0.940. The van der Waals surface area contributed by atoms with Gasteiger partial charge in [0, 0.05) is 22.7 Å². The highest BCUT2D eigenvalue weighted by molar-refractivity contribution is 8.00. The summed E-state index contributed by atoms with van der Waals surface area (Å²) in [6.07, 6.45) is 3.02. The van der Waals surface area contributed by atoms with Crippen LogP contribution in [0.2, 0.25) is 0 Å². The molecule has 1 aromatic heterocycles. The van der Waals surface area contributed by atoms with Crippen LogP contribution in [-0.2, 0) is 6.54 Å². The van der Waals surface area contributed by atoms with Crippen LogP contribution in [0.1, 0.15) is 33.0 Å². The molecule has 5 heteroatoms. The zero-order chi connectivity index (χ0) is 15.6. The molecule has 2 atom stereocenters. The lowest BCUT2D eigenvalue weighted by atomic mass is 9.88. The van der Waals surface area contributed by atoms with Gasteiger partial charge >= 0.3 is 0 Å². The van der Waals surface area contributed by atoms with Crippen molar-refractivity contribution in [2.45, 2.75) is 45.0 Å². The predicted octanol–water partition coefficient (Wildman–Crippen LogP) is 3.28. The van der Waals surface area contributed by atoms with E-state index in [1.165, 1.54) is 12.2 Å². The molecule has 1 fully saturated rings. The SMILES string of the molecule is CC(C)(C)C1CC(NCc2nncn2-c2ccccc2)CS1. The van der Waals surface area contributed by atoms with Gasteiger partial charge in [0.15, 0.2) is 5.82 Å². The highest BCUT2D eigenvalue weighted by Crippen LogP contribution is 2.39. The van der Waals surface area contributed by atoms with Crippen molar-refractivity contribution in [1.82, 2.24) is 20.1 Å². The van der Waals surface area contributed by atoms with Crippen molar-refractivity contribution in [1.29, 1.82) is 0 Å². The fourth-order valence-corrected chi connectivity index (χ4v) is 4.38. The number of rotatable bonds is 4. The minimum absolute atomic E-state index is 0.380. The first-order chi connectivity index (χ1) is 10.5. The van der Waals surface area contributed by atoms with Gasteiger partial charge in [0.1, 0.15) is 6.33 Å². The van der Waals surface area contributed by atoms with Crippen molar-refractivity contribution < 1.29 is 0 Å². The summed E-state index contributed by atoms with van der Waals surface area (Å²) >= 11 is 2.09. The van der Waals surface area contributed by atoms with Crippen LogP contribution in [0.3, 0.4) is 0 Å². The zero-order valence-electron chi connectivity index (χ0n) is 13.5. The van der Waals surface area contributed by atoms with Crippen molar-refractivity contribution in [3.05, 3.63) is 42.5 Å². The molecule has 0 spiro atoms. The molecule has 0 bridgehead atoms.